The van der Waals surface area contributed by atoms with E-state index < -0.39 is 0 Å². The Morgan fingerprint density at radius 1 is 1.39 bits per heavy atom. The SMILES string of the molecule is Cc1nn(C)cc1CNCc1ccc(Cl)c(F)c1. The fourth-order valence-corrected chi connectivity index (χ4v) is 1.93. The van der Waals surface area contributed by atoms with Crippen LogP contribution in [0.15, 0.2) is 24.4 Å². The van der Waals surface area contributed by atoms with Crippen LogP contribution in [-0.2, 0) is 20.1 Å². The Balaban J connectivity index is 1.92. The molecule has 5 heteroatoms. The zero-order valence-corrected chi connectivity index (χ0v) is 11.1. The van der Waals surface area contributed by atoms with Crippen molar-refractivity contribution in [1.82, 2.24) is 15.1 Å². The first kappa shape index (κ1) is 13.1. The number of hydrogen-bond donors (Lipinski definition) is 1. The van der Waals surface area contributed by atoms with Gasteiger partial charge in [-0.2, -0.15) is 5.10 Å². The number of benzene rings is 1. The summed E-state index contributed by atoms with van der Waals surface area (Å²) in [4.78, 5) is 0. The van der Waals surface area contributed by atoms with E-state index in [1.165, 1.54) is 6.07 Å². The Morgan fingerprint density at radius 2 is 2.17 bits per heavy atom. The van der Waals surface area contributed by atoms with Gasteiger partial charge in [-0.3, -0.25) is 4.68 Å². The number of nitrogens with zero attached hydrogens (tertiary/aromatic N) is 2. The van der Waals surface area contributed by atoms with Gasteiger partial charge < -0.3 is 5.32 Å². The van der Waals surface area contributed by atoms with Gasteiger partial charge in [-0.25, -0.2) is 4.39 Å². The maximum Gasteiger partial charge on any atom is 0.142 e. The number of nitrogens with one attached hydrogen (secondary N) is 1. The lowest BCUT2D eigenvalue weighted by Gasteiger charge is -2.05. The summed E-state index contributed by atoms with van der Waals surface area (Å²) < 4.78 is 15.0. The number of hydrogen-bond acceptors (Lipinski definition) is 2. The molecule has 0 saturated carbocycles. The van der Waals surface area contributed by atoms with Gasteiger partial charge in [0.25, 0.3) is 0 Å². The summed E-state index contributed by atoms with van der Waals surface area (Å²) in [6.45, 7) is 3.28. The summed E-state index contributed by atoms with van der Waals surface area (Å²) in [6, 6.07) is 4.84. The van der Waals surface area contributed by atoms with E-state index in [-0.39, 0.29) is 10.8 Å². The molecule has 1 N–H and O–H groups in total. The molecule has 0 unspecified atom stereocenters. The molecule has 0 atom stereocenters. The molecule has 2 rings (SSSR count). The lowest BCUT2D eigenvalue weighted by Crippen LogP contribution is -2.13. The largest absolute Gasteiger partial charge is 0.308 e. The highest BCUT2D eigenvalue weighted by molar-refractivity contribution is 6.30. The highest BCUT2D eigenvalue weighted by atomic mass is 35.5. The molecule has 0 aliphatic rings. The second-order valence-electron chi connectivity index (χ2n) is 4.27. The van der Waals surface area contributed by atoms with Crippen LogP contribution in [0.1, 0.15) is 16.8 Å². The molecule has 1 heterocycles. The van der Waals surface area contributed by atoms with Crippen molar-refractivity contribution >= 4 is 11.6 Å². The minimum atomic E-state index is -0.381. The van der Waals surface area contributed by atoms with E-state index in [1.54, 1.807) is 10.7 Å². The van der Waals surface area contributed by atoms with Gasteiger partial charge in [0.15, 0.2) is 0 Å². The monoisotopic (exact) mass is 267 g/mol. The molecule has 0 radical (unpaired) electrons. The highest BCUT2D eigenvalue weighted by Gasteiger charge is 2.04. The molecule has 0 aliphatic heterocycles. The summed E-state index contributed by atoms with van der Waals surface area (Å²) in [5.41, 5.74) is 3.03. The first-order valence-electron chi connectivity index (χ1n) is 5.70. The van der Waals surface area contributed by atoms with Crippen molar-refractivity contribution in [2.45, 2.75) is 20.0 Å². The first-order valence-corrected chi connectivity index (χ1v) is 6.08. The molecule has 18 heavy (non-hydrogen) atoms. The maximum absolute atomic E-state index is 13.2. The Morgan fingerprint density at radius 3 is 2.78 bits per heavy atom. The molecule has 0 spiro atoms. The summed E-state index contributed by atoms with van der Waals surface area (Å²) in [5.74, 6) is -0.381. The van der Waals surface area contributed by atoms with E-state index in [1.807, 2.05) is 26.2 Å². The fourth-order valence-electron chi connectivity index (χ4n) is 1.81. The normalized spacial score (nSPS) is 10.9. The number of halogens is 2. The van der Waals surface area contributed by atoms with Crippen LogP contribution in [0.25, 0.3) is 0 Å². The lowest BCUT2D eigenvalue weighted by atomic mass is 10.2. The van der Waals surface area contributed by atoms with Gasteiger partial charge in [-0.15, -0.1) is 0 Å². The molecule has 0 bridgehead atoms. The molecular formula is C13H15ClFN3. The van der Waals surface area contributed by atoms with Crippen LogP contribution in [0.4, 0.5) is 4.39 Å². The average Bonchev–Trinajstić information content (AvgIpc) is 2.63. The third-order valence-corrected chi connectivity index (χ3v) is 3.05. The fraction of sp³-hybridized carbons (Fsp3) is 0.308. The summed E-state index contributed by atoms with van der Waals surface area (Å²) >= 11 is 5.63. The van der Waals surface area contributed by atoms with Crippen LogP contribution in [0.2, 0.25) is 5.02 Å². The average molecular weight is 268 g/mol. The Bertz CT molecular complexity index is 551. The van der Waals surface area contributed by atoms with Crippen molar-refractivity contribution in [3.05, 3.63) is 52.1 Å². The Labute approximate surface area is 111 Å². The van der Waals surface area contributed by atoms with Gasteiger partial charge in [0.2, 0.25) is 0 Å². The van der Waals surface area contributed by atoms with Crippen LogP contribution in [0.5, 0.6) is 0 Å². The van der Waals surface area contributed by atoms with E-state index in [9.17, 15) is 4.39 Å². The number of rotatable bonds is 4. The second kappa shape index (κ2) is 5.50. The second-order valence-corrected chi connectivity index (χ2v) is 4.67. The first-order chi connectivity index (χ1) is 8.56. The van der Waals surface area contributed by atoms with E-state index in [2.05, 4.69) is 10.4 Å². The molecule has 3 nitrogen and oxygen atoms in total. The van der Waals surface area contributed by atoms with Gasteiger partial charge in [0, 0.05) is 31.9 Å². The molecule has 2 aromatic rings. The summed E-state index contributed by atoms with van der Waals surface area (Å²) in [7, 11) is 1.89. The Hall–Kier alpha value is -1.39. The van der Waals surface area contributed by atoms with E-state index >= 15 is 0 Å². The third kappa shape index (κ3) is 3.09. The van der Waals surface area contributed by atoms with Crippen LogP contribution in [-0.4, -0.2) is 9.78 Å². The van der Waals surface area contributed by atoms with Crippen molar-refractivity contribution in [3.8, 4) is 0 Å². The lowest BCUT2D eigenvalue weighted by molar-refractivity contribution is 0.620. The topological polar surface area (TPSA) is 29.9 Å². The van der Waals surface area contributed by atoms with Gasteiger partial charge >= 0.3 is 0 Å². The predicted octanol–water partition coefficient (Wildman–Crippen LogP) is 2.81. The van der Waals surface area contributed by atoms with Crippen LogP contribution < -0.4 is 5.32 Å². The molecule has 1 aromatic heterocycles. The van der Waals surface area contributed by atoms with Crippen LogP contribution in [0, 0.1) is 12.7 Å². The molecule has 0 amide bonds. The minimum Gasteiger partial charge on any atom is -0.308 e. The molecule has 96 valence electrons. The Kier molecular flexibility index (Phi) is 3.99. The number of aryl methyl sites for hydroxylation is 2. The molecule has 0 fully saturated rings. The van der Waals surface area contributed by atoms with Gasteiger partial charge in [0.1, 0.15) is 5.82 Å². The predicted molar refractivity (Wildman–Crippen MR) is 69.9 cm³/mol. The van der Waals surface area contributed by atoms with Gasteiger partial charge in [-0.1, -0.05) is 17.7 Å². The zero-order valence-electron chi connectivity index (χ0n) is 10.4. The van der Waals surface area contributed by atoms with Crippen molar-refractivity contribution < 1.29 is 4.39 Å². The minimum absolute atomic E-state index is 0.154. The van der Waals surface area contributed by atoms with E-state index in [0.717, 1.165) is 16.8 Å². The molecule has 0 aliphatic carbocycles. The van der Waals surface area contributed by atoms with Crippen molar-refractivity contribution in [2.75, 3.05) is 0 Å². The van der Waals surface area contributed by atoms with Crippen molar-refractivity contribution in [3.63, 3.8) is 0 Å². The van der Waals surface area contributed by atoms with Crippen molar-refractivity contribution in [1.29, 1.82) is 0 Å². The summed E-state index contributed by atoms with van der Waals surface area (Å²) in [5, 5.41) is 7.67. The summed E-state index contributed by atoms with van der Waals surface area (Å²) in [6.07, 6.45) is 1.98. The highest BCUT2D eigenvalue weighted by Crippen LogP contribution is 2.15. The van der Waals surface area contributed by atoms with Gasteiger partial charge in [-0.05, 0) is 24.6 Å². The molecular weight excluding hydrogens is 253 g/mol. The molecule has 1 aromatic carbocycles. The quantitative estimate of drug-likeness (QED) is 0.923. The van der Waals surface area contributed by atoms with Gasteiger partial charge in [0.05, 0.1) is 10.7 Å². The van der Waals surface area contributed by atoms with Crippen molar-refractivity contribution in [2.24, 2.45) is 7.05 Å². The van der Waals surface area contributed by atoms with E-state index in [0.29, 0.717) is 13.1 Å². The standard InChI is InChI=1S/C13H15ClFN3/c1-9-11(8-18(2)17-9)7-16-6-10-3-4-12(14)13(15)5-10/h3-5,8,16H,6-7H2,1-2H3. The zero-order chi connectivity index (χ0) is 13.1. The van der Waals surface area contributed by atoms with E-state index in [4.69, 9.17) is 11.6 Å². The number of aromatic nitrogens is 2. The van der Waals surface area contributed by atoms with Crippen LogP contribution in [0.3, 0.4) is 0 Å². The smallest absolute Gasteiger partial charge is 0.142 e. The third-order valence-electron chi connectivity index (χ3n) is 2.74. The molecule has 0 saturated heterocycles. The maximum atomic E-state index is 13.2. The van der Waals surface area contributed by atoms with Crippen LogP contribution >= 0.6 is 11.6 Å².